The van der Waals surface area contributed by atoms with Crippen LogP contribution in [0.1, 0.15) is 19.4 Å². The molecule has 0 atom stereocenters. The molecule has 0 saturated carbocycles. The highest BCUT2D eigenvalue weighted by Crippen LogP contribution is 2.27. The van der Waals surface area contributed by atoms with Crippen LogP contribution in [0.25, 0.3) is 0 Å². The smallest absolute Gasteiger partial charge is 0.234 e. The maximum Gasteiger partial charge on any atom is 0.234 e. The van der Waals surface area contributed by atoms with Crippen LogP contribution in [-0.4, -0.2) is 5.91 Å². The topological polar surface area (TPSA) is 55.1 Å². The molecule has 2 rings (SSSR count). The Hall–Kier alpha value is -2.00. The first-order chi connectivity index (χ1) is 9.41. The van der Waals surface area contributed by atoms with Gasteiger partial charge in [0.25, 0.3) is 0 Å². The lowest BCUT2D eigenvalue weighted by atomic mass is 9.83. The fourth-order valence-electron chi connectivity index (χ4n) is 1.89. The molecule has 0 aliphatic rings. The minimum atomic E-state index is -0.629. The number of benzene rings is 2. The van der Waals surface area contributed by atoms with Gasteiger partial charge in [-0.15, -0.1) is 0 Å². The van der Waals surface area contributed by atoms with Gasteiger partial charge in [0.05, 0.1) is 16.1 Å². The molecule has 2 aromatic rings. The summed E-state index contributed by atoms with van der Waals surface area (Å²) in [5, 5.41) is 3.35. The molecule has 0 aromatic heterocycles. The monoisotopic (exact) mass is 288 g/mol. The maximum atomic E-state index is 12.4. The molecular formula is C16H17ClN2O. The van der Waals surface area contributed by atoms with E-state index in [1.54, 1.807) is 18.2 Å². The zero-order valence-electron chi connectivity index (χ0n) is 11.5. The summed E-state index contributed by atoms with van der Waals surface area (Å²) in [4.78, 5) is 12.4. The molecule has 0 fully saturated rings. The fourth-order valence-corrected chi connectivity index (χ4v) is 2.01. The van der Waals surface area contributed by atoms with Crippen LogP contribution in [0.2, 0.25) is 5.02 Å². The number of halogens is 1. The van der Waals surface area contributed by atoms with Gasteiger partial charge in [0, 0.05) is 5.69 Å². The SMILES string of the molecule is CC(C)(C(=O)Nc1ccc(Cl)c(N)c1)c1ccccc1. The highest BCUT2D eigenvalue weighted by atomic mass is 35.5. The zero-order chi connectivity index (χ0) is 14.8. The van der Waals surface area contributed by atoms with Crippen molar-refractivity contribution in [1.82, 2.24) is 0 Å². The molecule has 3 nitrogen and oxygen atoms in total. The van der Waals surface area contributed by atoms with Crippen molar-refractivity contribution in [2.75, 3.05) is 11.1 Å². The van der Waals surface area contributed by atoms with E-state index in [9.17, 15) is 4.79 Å². The van der Waals surface area contributed by atoms with Crippen LogP contribution in [0.5, 0.6) is 0 Å². The highest BCUT2D eigenvalue weighted by molar-refractivity contribution is 6.33. The quantitative estimate of drug-likeness (QED) is 0.843. The Kier molecular flexibility index (Phi) is 4.00. The van der Waals surface area contributed by atoms with Gasteiger partial charge < -0.3 is 11.1 Å². The van der Waals surface area contributed by atoms with Crippen LogP contribution in [0.4, 0.5) is 11.4 Å². The number of nitrogens with one attached hydrogen (secondary N) is 1. The summed E-state index contributed by atoms with van der Waals surface area (Å²) in [5.74, 6) is -0.0922. The van der Waals surface area contributed by atoms with Crippen molar-refractivity contribution in [1.29, 1.82) is 0 Å². The Morgan fingerprint density at radius 3 is 2.40 bits per heavy atom. The largest absolute Gasteiger partial charge is 0.397 e. The van der Waals surface area contributed by atoms with E-state index in [1.807, 2.05) is 44.2 Å². The normalized spacial score (nSPS) is 11.2. The van der Waals surface area contributed by atoms with E-state index in [1.165, 1.54) is 0 Å². The van der Waals surface area contributed by atoms with Gasteiger partial charge in [0.2, 0.25) is 5.91 Å². The first-order valence-corrected chi connectivity index (χ1v) is 6.71. The van der Waals surface area contributed by atoms with E-state index >= 15 is 0 Å². The molecule has 2 aromatic carbocycles. The average molecular weight is 289 g/mol. The first-order valence-electron chi connectivity index (χ1n) is 6.33. The Bertz CT molecular complexity index is 624. The van der Waals surface area contributed by atoms with Crippen molar-refractivity contribution in [2.24, 2.45) is 0 Å². The number of rotatable bonds is 3. The van der Waals surface area contributed by atoms with Crippen molar-refractivity contribution in [3.05, 3.63) is 59.1 Å². The molecule has 0 heterocycles. The predicted molar refractivity (Wildman–Crippen MR) is 84.0 cm³/mol. The number of carbonyl (C=O) groups excluding carboxylic acids is 1. The van der Waals surface area contributed by atoms with E-state index in [4.69, 9.17) is 17.3 Å². The van der Waals surface area contributed by atoms with Crippen LogP contribution in [0.15, 0.2) is 48.5 Å². The van der Waals surface area contributed by atoms with Crippen molar-refractivity contribution >= 4 is 28.9 Å². The predicted octanol–water partition coefficient (Wildman–Crippen LogP) is 3.84. The zero-order valence-corrected chi connectivity index (χ0v) is 12.2. The van der Waals surface area contributed by atoms with Gasteiger partial charge in [-0.3, -0.25) is 4.79 Å². The first kappa shape index (κ1) is 14.4. The van der Waals surface area contributed by atoms with Gasteiger partial charge in [0.15, 0.2) is 0 Å². The van der Waals surface area contributed by atoms with Gasteiger partial charge in [-0.05, 0) is 37.6 Å². The second-order valence-corrected chi connectivity index (χ2v) is 5.59. The summed E-state index contributed by atoms with van der Waals surface area (Å²) in [7, 11) is 0. The number of hydrogen-bond donors (Lipinski definition) is 2. The van der Waals surface area contributed by atoms with Crippen molar-refractivity contribution in [3.8, 4) is 0 Å². The molecule has 0 saturated heterocycles. The van der Waals surface area contributed by atoms with Crippen LogP contribution >= 0.6 is 11.6 Å². The summed E-state index contributed by atoms with van der Waals surface area (Å²) in [6, 6.07) is 14.7. The van der Waals surface area contributed by atoms with Crippen molar-refractivity contribution in [2.45, 2.75) is 19.3 Å². The lowest BCUT2D eigenvalue weighted by Crippen LogP contribution is -2.34. The van der Waals surface area contributed by atoms with Crippen LogP contribution in [-0.2, 0) is 10.2 Å². The van der Waals surface area contributed by atoms with Crippen LogP contribution < -0.4 is 11.1 Å². The second-order valence-electron chi connectivity index (χ2n) is 5.18. The van der Waals surface area contributed by atoms with E-state index in [2.05, 4.69) is 5.32 Å². The number of nitrogen functional groups attached to an aromatic ring is 1. The molecule has 0 spiro atoms. The van der Waals surface area contributed by atoms with Crippen molar-refractivity contribution < 1.29 is 4.79 Å². The minimum absolute atomic E-state index is 0.0922. The Balaban J connectivity index is 2.21. The third kappa shape index (κ3) is 2.94. The van der Waals surface area contributed by atoms with E-state index in [-0.39, 0.29) is 5.91 Å². The van der Waals surface area contributed by atoms with Gasteiger partial charge in [-0.1, -0.05) is 41.9 Å². The fraction of sp³-hybridized carbons (Fsp3) is 0.188. The molecule has 0 aliphatic carbocycles. The van der Waals surface area contributed by atoms with Gasteiger partial charge in [-0.2, -0.15) is 0 Å². The van der Waals surface area contributed by atoms with E-state index in [0.29, 0.717) is 16.4 Å². The Morgan fingerprint density at radius 2 is 1.80 bits per heavy atom. The third-order valence-corrected chi connectivity index (χ3v) is 3.66. The lowest BCUT2D eigenvalue weighted by molar-refractivity contribution is -0.120. The summed E-state index contributed by atoms with van der Waals surface area (Å²) in [6.07, 6.45) is 0. The molecule has 20 heavy (non-hydrogen) atoms. The molecular weight excluding hydrogens is 272 g/mol. The molecule has 0 radical (unpaired) electrons. The van der Waals surface area contributed by atoms with E-state index < -0.39 is 5.41 Å². The molecule has 4 heteroatoms. The van der Waals surface area contributed by atoms with Crippen molar-refractivity contribution in [3.63, 3.8) is 0 Å². The molecule has 3 N–H and O–H groups in total. The third-order valence-electron chi connectivity index (χ3n) is 3.32. The molecule has 0 unspecified atom stereocenters. The van der Waals surface area contributed by atoms with Crippen LogP contribution in [0.3, 0.4) is 0 Å². The summed E-state index contributed by atoms with van der Waals surface area (Å²) in [5.41, 5.74) is 7.15. The molecule has 1 amide bonds. The second kappa shape index (κ2) is 5.55. The minimum Gasteiger partial charge on any atom is -0.397 e. The summed E-state index contributed by atoms with van der Waals surface area (Å²) in [6.45, 7) is 3.77. The number of anilines is 2. The van der Waals surface area contributed by atoms with Gasteiger partial charge >= 0.3 is 0 Å². The van der Waals surface area contributed by atoms with Gasteiger partial charge in [0.1, 0.15) is 0 Å². The Labute approximate surface area is 123 Å². The number of carbonyl (C=O) groups is 1. The van der Waals surface area contributed by atoms with Gasteiger partial charge in [-0.25, -0.2) is 0 Å². The highest BCUT2D eigenvalue weighted by Gasteiger charge is 2.29. The summed E-state index contributed by atoms with van der Waals surface area (Å²) >= 11 is 5.87. The number of amides is 1. The number of nitrogens with two attached hydrogens (primary N) is 1. The van der Waals surface area contributed by atoms with E-state index in [0.717, 1.165) is 5.56 Å². The Morgan fingerprint density at radius 1 is 1.15 bits per heavy atom. The lowest BCUT2D eigenvalue weighted by Gasteiger charge is -2.24. The standard InChI is InChI=1S/C16H17ClN2O/c1-16(2,11-6-4-3-5-7-11)15(20)19-12-8-9-13(17)14(18)10-12/h3-10H,18H2,1-2H3,(H,19,20). The molecule has 0 bridgehead atoms. The summed E-state index contributed by atoms with van der Waals surface area (Å²) < 4.78 is 0. The molecule has 104 valence electrons. The molecule has 0 aliphatic heterocycles. The number of hydrogen-bond acceptors (Lipinski definition) is 2. The maximum absolute atomic E-state index is 12.4. The van der Waals surface area contributed by atoms with Crippen LogP contribution in [0, 0.1) is 0 Å². The average Bonchev–Trinajstić information content (AvgIpc) is 2.44.